The van der Waals surface area contributed by atoms with E-state index in [1.54, 1.807) is 0 Å². The Labute approximate surface area is 134 Å². The first kappa shape index (κ1) is 14.0. The van der Waals surface area contributed by atoms with E-state index in [1.807, 2.05) is 53.7 Å². The van der Waals surface area contributed by atoms with Crippen LogP contribution in [0.25, 0.3) is 5.65 Å². The molecule has 0 bridgehead atoms. The van der Waals surface area contributed by atoms with Crippen LogP contribution in [-0.2, 0) is 0 Å². The van der Waals surface area contributed by atoms with Crippen LogP contribution in [0, 0.1) is 13.8 Å². The van der Waals surface area contributed by atoms with Crippen LogP contribution in [0.15, 0.2) is 30.6 Å². The second-order valence-corrected chi connectivity index (χ2v) is 6.13. The molecule has 3 aromatic rings. The number of likely N-dealkylation sites (tertiary alicyclic amines) is 1. The summed E-state index contributed by atoms with van der Waals surface area (Å²) in [5.74, 6) is 0.845. The van der Waals surface area contributed by atoms with Crippen molar-refractivity contribution in [1.29, 1.82) is 0 Å². The van der Waals surface area contributed by atoms with Crippen LogP contribution in [-0.4, -0.2) is 36.7 Å². The summed E-state index contributed by atoms with van der Waals surface area (Å²) in [6.07, 6.45) is 5.56. The summed E-state index contributed by atoms with van der Waals surface area (Å²) in [6, 6.07) is 5.90. The number of carbonyl (C=O) groups is 1. The summed E-state index contributed by atoms with van der Waals surface area (Å²) in [7, 11) is 0. The van der Waals surface area contributed by atoms with Gasteiger partial charge in [0.05, 0.1) is 6.04 Å². The van der Waals surface area contributed by atoms with Gasteiger partial charge in [0.15, 0.2) is 0 Å². The molecule has 23 heavy (non-hydrogen) atoms. The molecule has 6 heteroatoms. The summed E-state index contributed by atoms with van der Waals surface area (Å²) in [5, 5.41) is 0. The Hall–Kier alpha value is -2.63. The van der Waals surface area contributed by atoms with E-state index in [9.17, 15) is 4.79 Å². The number of H-pyrrole nitrogens is 1. The van der Waals surface area contributed by atoms with Crippen LogP contribution >= 0.6 is 0 Å². The Morgan fingerprint density at radius 2 is 2.22 bits per heavy atom. The monoisotopic (exact) mass is 309 g/mol. The Morgan fingerprint density at radius 1 is 1.35 bits per heavy atom. The molecule has 4 rings (SSSR count). The first-order valence-corrected chi connectivity index (χ1v) is 7.90. The highest BCUT2D eigenvalue weighted by atomic mass is 16.2. The minimum Gasteiger partial charge on any atom is -0.344 e. The third kappa shape index (κ3) is 2.30. The van der Waals surface area contributed by atoms with Gasteiger partial charge in [-0.25, -0.2) is 9.97 Å². The molecular formula is C17H19N5O. The van der Waals surface area contributed by atoms with Crippen LogP contribution < -0.4 is 0 Å². The number of aromatic amines is 1. The summed E-state index contributed by atoms with van der Waals surface area (Å²) in [4.78, 5) is 27.0. The lowest BCUT2D eigenvalue weighted by Crippen LogP contribution is -2.31. The number of carbonyl (C=O) groups excluding carboxylic acids is 1. The second kappa shape index (κ2) is 5.22. The zero-order valence-corrected chi connectivity index (χ0v) is 13.3. The zero-order valence-electron chi connectivity index (χ0n) is 13.3. The Bertz CT molecular complexity index is 878. The zero-order chi connectivity index (χ0) is 16.0. The van der Waals surface area contributed by atoms with Gasteiger partial charge in [0.1, 0.15) is 17.2 Å². The molecule has 0 saturated carbocycles. The van der Waals surface area contributed by atoms with Gasteiger partial charge in [0.2, 0.25) is 0 Å². The van der Waals surface area contributed by atoms with Gasteiger partial charge in [0, 0.05) is 30.3 Å². The van der Waals surface area contributed by atoms with E-state index in [4.69, 9.17) is 0 Å². The number of imidazole rings is 2. The Balaban J connectivity index is 1.68. The second-order valence-electron chi connectivity index (χ2n) is 6.13. The van der Waals surface area contributed by atoms with Gasteiger partial charge in [-0.15, -0.1) is 0 Å². The van der Waals surface area contributed by atoms with Crippen molar-refractivity contribution in [2.75, 3.05) is 6.54 Å². The van der Waals surface area contributed by atoms with E-state index >= 15 is 0 Å². The Kier molecular flexibility index (Phi) is 3.18. The first-order valence-electron chi connectivity index (χ1n) is 7.90. The fourth-order valence-electron chi connectivity index (χ4n) is 3.29. The molecule has 1 aliphatic rings. The molecule has 1 amide bonds. The number of nitrogens with one attached hydrogen (secondary N) is 1. The van der Waals surface area contributed by atoms with Gasteiger partial charge in [-0.3, -0.25) is 4.79 Å². The molecule has 0 aromatic carbocycles. The Morgan fingerprint density at radius 3 is 2.96 bits per heavy atom. The lowest BCUT2D eigenvalue weighted by atomic mass is 10.2. The van der Waals surface area contributed by atoms with Crippen LogP contribution in [0.5, 0.6) is 0 Å². The molecule has 0 aliphatic carbocycles. The summed E-state index contributed by atoms with van der Waals surface area (Å²) >= 11 is 0. The smallest absolute Gasteiger partial charge is 0.274 e. The third-order valence-electron chi connectivity index (χ3n) is 4.47. The molecule has 1 fully saturated rings. The molecule has 4 heterocycles. The van der Waals surface area contributed by atoms with E-state index in [1.165, 1.54) is 0 Å². The molecule has 6 nitrogen and oxygen atoms in total. The van der Waals surface area contributed by atoms with Crippen molar-refractivity contribution in [3.63, 3.8) is 0 Å². The van der Waals surface area contributed by atoms with Crippen molar-refractivity contribution in [3.8, 4) is 0 Å². The van der Waals surface area contributed by atoms with Gasteiger partial charge in [-0.2, -0.15) is 0 Å². The van der Waals surface area contributed by atoms with Crippen molar-refractivity contribution in [2.24, 2.45) is 0 Å². The van der Waals surface area contributed by atoms with Crippen LogP contribution in [0.2, 0.25) is 0 Å². The lowest BCUT2D eigenvalue weighted by Gasteiger charge is -2.22. The molecule has 0 unspecified atom stereocenters. The number of pyridine rings is 1. The maximum atomic E-state index is 12.9. The highest BCUT2D eigenvalue weighted by Gasteiger charge is 2.33. The molecule has 118 valence electrons. The summed E-state index contributed by atoms with van der Waals surface area (Å²) in [5.41, 5.74) is 3.38. The van der Waals surface area contributed by atoms with E-state index in [0.29, 0.717) is 5.69 Å². The van der Waals surface area contributed by atoms with E-state index in [2.05, 4.69) is 15.0 Å². The number of amides is 1. The van der Waals surface area contributed by atoms with Crippen LogP contribution in [0.4, 0.5) is 0 Å². The number of hydrogen-bond acceptors (Lipinski definition) is 3. The SMILES string of the molecule is Cc1cnc([C@H]2CCCN2C(=O)c2cn3c(C)cccc3n2)[nH]1. The van der Waals surface area contributed by atoms with Crippen LogP contribution in [0.3, 0.4) is 0 Å². The minimum absolute atomic E-state index is 0.0158. The number of rotatable bonds is 2. The molecule has 1 aliphatic heterocycles. The topological polar surface area (TPSA) is 66.3 Å². The minimum atomic E-state index is -0.0235. The van der Waals surface area contributed by atoms with Crippen LogP contribution in [0.1, 0.15) is 46.6 Å². The average Bonchev–Trinajstić information content (AvgIpc) is 3.24. The number of aryl methyl sites for hydroxylation is 2. The highest BCUT2D eigenvalue weighted by molar-refractivity contribution is 5.93. The normalized spacial score (nSPS) is 18.0. The van der Waals surface area contributed by atoms with Crippen molar-refractivity contribution < 1.29 is 4.79 Å². The first-order chi connectivity index (χ1) is 11.1. The fourth-order valence-corrected chi connectivity index (χ4v) is 3.29. The summed E-state index contributed by atoms with van der Waals surface area (Å²) in [6.45, 7) is 4.73. The lowest BCUT2D eigenvalue weighted by molar-refractivity contribution is 0.0725. The number of fused-ring (bicyclic) bond motifs is 1. The van der Waals surface area contributed by atoms with E-state index in [-0.39, 0.29) is 11.9 Å². The van der Waals surface area contributed by atoms with Gasteiger partial charge >= 0.3 is 0 Å². The molecule has 1 saturated heterocycles. The molecule has 0 radical (unpaired) electrons. The van der Waals surface area contributed by atoms with E-state index in [0.717, 1.165) is 42.2 Å². The van der Waals surface area contributed by atoms with Crippen molar-refractivity contribution in [3.05, 3.63) is 53.5 Å². The molecule has 1 N–H and O–H groups in total. The maximum Gasteiger partial charge on any atom is 0.274 e. The number of hydrogen-bond donors (Lipinski definition) is 1. The molecule has 3 aromatic heterocycles. The predicted octanol–water partition coefficient (Wildman–Crippen LogP) is 2.65. The van der Waals surface area contributed by atoms with Gasteiger partial charge < -0.3 is 14.3 Å². The van der Waals surface area contributed by atoms with Crippen molar-refractivity contribution in [2.45, 2.75) is 32.7 Å². The maximum absolute atomic E-state index is 12.9. The van der Waals surface area contributed by atoms with Gasteiger partial charge in [-0.1, -0.05) is 6.07 Å². The molecule has 0 spiro atoms. The fraction of sp³-hybridized carbons (Fsp3) is 0.353. The van der Waals surface area contributed by atoms with Gasteiger partial charge in [0.25, 0.3) is 5.91 Å². The standard InChI is InChI=1S/C17H19N5O/c1-11-9-18-16(19-11)14-6-4-8-21(14)17(23)13-10-22-12(2)5-3-7-15(22)20-13/h3,5,7,9-10,14H,4,6,8H2,1-2H3,(H,18,19)/t14-/m1/s1. The average molecular weight is 309 g/mol. The third-order valence-corrected chi connectivity index (χ3v) is 4.47. The molecular weight excluding hydrogens is 290 g/mol. The quantitative estimate of drug-likeness (QED) is 0.791. The number of aromatic nitrogens is 4. The summed E-state index contributed by atoms with van der Waals surface area (Å²) < 4.78 is 1.95. The largest absolute Gasteiger partial charge is 0.344 e. The molecule has 1 atom stereocenters. The van der Waals surface area contributed by atoms with Crippen molar-refractivity contribution >= 4 is 11.6 Å². The van der Waals surface area contributed by atoms with Crippen molar-refractivity contribution in [1.82, 2.24) is 24.3 Å². The highest BCUT2D eigenvalue weighted by Crippen LogP contribution is 2.31. The van der Waals surface area contributed by atoms with Gasteiger partial charge in [-0.05, 0) is 38.8 Å². The number of nitrogens with zero attached hydrogens (tertiary/aromatic N) is 4. The van der Waals surface area contributed by atoms with E-state index < -0.39 is 0 Å². The predicted molar refractivity (Wildman–Crippen MR) is 86.3 cm³/mol.